The molecule has 10 rings (SSSR count). The monoisotopic (exact) mass is 946 g/mol. The van der Waals surface area contributed by atoms with E-state index in [9.17, 15) is 0 Å². The van der Waals surface area contributed by atoms with Crippen molar-refractivity contribution in [2.75, 3.05) is 28.4 Å². The minimum Gasteiger partial charge on any atom is -0.497 e. The van der Waals surface area contributed by atoms with Crippen LogP contribution in [0.1, 0.15) is 44.5 Å². The SMILES string of the molecule is COc1cccc(C2=C(c3ccccc3)C(c3ccccc3)=C(c3cccc(OC)c3)[Si]2(C)CC[Si]2(C)C(c3cccc(OC)c3)=C(c3ccccc3)C(c3ccccc3)=C2c2cccc(OC)c2)c1. The lowest BCUT2D eigenvalue weighted by atomic mass is 9.89. The van der Waals surface area contributed by atoms with Crippen molar-refractivity contribution >= 4 is 59.2 Å². The van der Waals surface area contributed by atoms with Gasteiger partial charge in [-0.3, -0.25) is 0 Å². The molecule has 8 aromatic carbocycles. The van der Waals surface area contributed by atoms with Gasteiger partial charge in [-0.2, -0.15) is 0 Å². The summed E-state index contributed by atoms with van der Waals surface area (Å²) < 4.78 is 24.2. The van der Waals surface area contributed by atoms with Gasteiger partial charge in [0, 0.05) is 0 Å². The van der Waals surface area contributed by atoms with Crippen molar-refractivity contribution in [2.45, 2.75) is 25.2 Å². The molecule has 2 aliphatic rings. The summed E-state index contributed by atoms with van der Waals surface area (Å²) in [4.78, 5) is 0. The predicted molar refractivity (Wildman–Crippen MR) is 298 cm³/mol. The molecule has 0 fully saturated rings. The second-order valence-corrected chi connectivity index (χ2v) is 26.9. The Morgan fingerprint density at radius 2 is 0.457 bits per heavy atom. The van der Waals surface area contributed by atoms with Crippen molar-refractivity contribution in [1.29, 1.82) is 0 Å². The van der Waals surface area contributed by atoms with Crippen molar-refractivity contribution < 1.29 is 18.9 Å². The Labute approximate surface area is 415 Å². The maximum atomic E-state index is 6.04. The van der Waals surface area contributed by atoms with E-state index in [4.69, 9.17) is 18.9 Å². The molecule has 0 saturated carbocycles. The molecule has 70 heavy (non-hydrogen) atoms. The fourth-order valence-corrected chi connectivity index (χ4v) is 23.3. The molecule has 4 nitrogen and oxygen atoms in total. The molecule has 0 saturated heterocycles. The van der Waals surface area contributed by atoms with Crippen LogP contribution >= 0.6 is 0 Å². The zero-order valence-corrected chi connectivity index (χ0v) is 42.8. The van der Waals surface area contributed by atoms with Crippen LogP contribution in [0.25, 0.3) is 43.1 Å². The third-order valence-corrected chi connectivity index (χ3v) is 24.1. The molecule has 0 radical (unpaired) electrons. The van der Waals surface area contributed by atoms with Crippen LogP contribution in [0.2, 0.25) is 25.2 Å². The van der Waals surface area contributed by atoms with Gasteiger partial charge in [-0.15, -0.1) is 0 Å². The molecular formula is C64H58O4Si2. The lowest BCUT2D eigenvalue weighted by Gasteiger charge is -2.37. The fourth-order valence-electron chi connectivity index (χ4n) is 11.4. The van der Waals surface area contributed by atoms with E-state index in [0.717, 1.165) is 35.1 Å². The lowest BCUT2D eigenvalue weighted by molar-refractivity contribution is 0.414. The molecule has 0 aromatic heterocycles. The summed E-state index contributed by atoms with van der Waals surface area (Å²) in [6.45, 7) is 5.28. The van der Waals surface area contributed by atoms with Gasteiger partial charge >= 0.3 is 0 Å². The van der Waals surface area contributed by atoms with Gasteiger partial charge < -0.3 is 18.9 Å². The summed E-state index contributed by atoms with van der Waals surface area (Å²) in [6.07, 6.45) is 0. The summed E-state index contributed by atoms with van der Waals surface area (Å²) in [6, 6.07) is 81.3. The molecule has 0 N–H and O–H groups in total. The highest BCUT2D eigenvalue weighted by Crippen LogP contribution is 2.62. The van der Waals surface area contributed by atoms with Gasteiger partial charge in [0.25, 0.3) is 0 Å². The summed E-state index contributed by atoms with van der Waals surface area (Å²) in [5.74, 6) is 3.36. The van der Waals surface area contributed by atoms with E-state index < -0.39 is 16.1 Å². The molecule has 0 amide bonds. The third kappa shape index (κ3) is 8.37. The molecule has 0 spiro atoms. The van der Waals surface area contributed by atoms with E-state index in [1.165, 1.54) is 87.6 Å². The zero-order valence-electron chi connectivity index (χ0n) is 40.8. The maximum absolute atomic E-state index is 6.04. The number of hydrogen-bond acceptors (Lipinski definition) is 4. The van der Waals surface area contributed by atoms with Crippen LogP contribution in [0.5, 0.6) is 23.0 Å². The summed E-state index contributed by atoms with van der Waals surface area (Å²) in [5.41, 5.74) is 14.7. The molecule has 0 aliphatic carbocycles. The molecule has 0 atom stereocenters. The molecule has 0 unspecified atom stereocenters. The molecule has 346 valence electrons. The van der Waals surface area contributed by atoms with Crippen LogP contribution in [0.4, 0.5) is 0 Å². The molecule has 0 bridgehead atoms. The molecule has 2 heterocycles. The second kappa shape index (κ2) is 19.8. The largest absolute Gasteiger partial charge is 0.497 e. The average molecular weight is 947 g/mol. The highest BCUT2D eigenvalue weighted by Gasteiger charge is 2.52. The van der Waals surface area contributed by atoms with E-state index in [2.05, 4.69) is 231 Å². The number of methoxy groups -OCH3 is 4. The number of rotatable bonds is 15. The first kappa shape index (κ1) is 46.1. The van der Waals surface area contributed by atoms with Crippen LogP contribution in [0.3, 0.4) is 0 Å². The van der Waals surface area contributed by atoms with Crippen LogP contribution in [-0.4, -0.2) is 44.6 Å². The standard InChI is InChI=1S/C64H58O4Si2/c1-65-53-35-19-31-49(41-53)61-57(45-23-11-7-12-24-45)58(46-25-13-8-14-26-46)62(50-32-20-36-54(42-50)66-2)69(61,5)39-40-70(6)63(51-33-21-37-55(43-51)67-3)59(47-27-15-9-16-28-47)60(48-29-17-10-18-30-48)64(70)52-34-22-38-56(44-52)68-4/h7-38,41-44H,39-40H2,1-6H3. The Kier molecular flexibility index (Phi) is 13.0. The Balaban J connectivity index is 1.32. The fraction of sp³-hybridized carbons (Fsp3) is 0.125. The second-order valence-electron chi connectivity index (χ2n) is 18.6. The van der Waals surface area contributed by atoms with Crippen LogP contribution < -0.4 is 18.9 Å². The minimum absolute atomic E-state index is 0.841. The van der Waals surface area contributed by atoms with Crippen molar-refractivity contribution in [3.8, 4) is 23.0 Å². The van der Waals surface area contributed by atoms with Gasteiger partial charge in [0.05, 0.1) is 28.4 Å². The normalized spacial score (nSPS) is 15.1. The van der Waals surface area contributed by atoms with E-state index in [1.807, 2.05) is 0 Å². The van der Waals surface area contributed by atoms with E-state index in [0.29, 0.717) is 0 Å². The van der Waals surface area contributed by atoms with E-state index in [1.54, 1.807) is 28.4 Å². The summed E-state index contributed by atoms with van der Waals surface area (Å²) >= 11 is 0. The Hall–Kier alpha value is -7.65. The molecule has 2 aliphatic heterocycles. The van der Waals surface area contributed by atoms with Crippen molar-refractivity contribution in [3.63, 3.8) is 0 Å². The molecular weight excluding hydrogens is 889 g/mol. The Morgan fingerprint density at radius 1 is 0.257 bits per heavy atom. The quantitative estimate of drug-likeness (QED) is 0.0960. The van der Waals surface area contributed by atoms with Crippen LogP contribution in [0.15, 0.2) is 218 Å². The van der Waals surface area contributed by atoms with Gasteiger partial charge in [-0.25, -0.2) is 0 Å². The predicted octanol–water partition coefficient (Wildman–Crippen LogP) is 15.8. The summed E-state index contributed by atoms with van der Waals surface area (Å²) in [5, 5.41) is 5.65. The third-order valence-electron chi connectivity index (χ3n) is 14.5. The molecule has 8 aromatic rings. The number of allylic oxidation sites excluding steroid dienone is 4. The lowest BCUT2D eigenvalue weighted by Crippen LogP contribution is -2.39. The van der Waals surface area contributed by atoms with Gasteiger partial charge in [0.15, 0.2) is 0 Å². The highest BCUT2D eigenvalue weighted by molar-refractivity contribution is 7.17. The Morgan fingerprint density at radius 3 is 0.657 bits per heavy atom. The molecule has 6 heteroatoms. The summed E-state index contributed by atoms with van der Waals surface area (Å²) in [7, 11) is 1.25. The smallest absolute Gasteiger partial charge is 0.119 e. The van der Waals surface area contributed by atoms with Crippen LogP contribution in [0, 0.1) is 0 Å². The number of hydrogen-bond donors (Lipinski definition) is 0. The first-order valence-electron chi connectivity index (χ1n) is 24.1. The van der Waals surface area contributed by atoms with Crippen LogP contribution in [-0.2, 0) is 0 Å². The first-order valence-corrected chi connectivity index (χ1v) is 29.5. The van der Waals surface area contributed by atoms with Crippen molar-refractivity contribution in [1.82, 2.24) is 0 Å². The van der Waals surface area contributed by atoms with Gasteiger partial charge in [-0.05, 0) is 136 Å². The highest BCUT2D eigenvalue weighted by atomic mass is 28.3. The number of benzene rings is 8. The van der Waals surface area contributed by atoms with Crippen molar-refractivity contribution in [2.24, 2.45) is 0 Å². The average Bonchev–Trinajstić information content (AvgIpc) is 3.87. The van der Waals surface area contributed by atoms with Gasteiger partial charge in [0.1, 0.15) is 39.1 Å². The number of ether oxygens (including phenoxy) is 4. The minimum atomic E-state index is -2.92. The van der Waals surface area contributed by atoms with Gasteiger partial charge in [-0.1, -0.05) is 195 Å². The van der Waals surface area contributed by atoms with E-state index >= 15 is 0 Å². The Bertz CT molecular complexity index is 2880. The topological polar surface area (TPSA) is 36.9 Å². The van der Waals surface area contributed by atoms with Gasteiger partial charge in [0.2, 0.25) is 0 Å². The zero-order chi connectivity index (χ0) is 48.2. The van der Waals surface area contributed by atoms with Crippen molar-refractivity contribution in [3.05, 3.63) is 263 Å². The first-order chi connectivity index (χ1) is 34.3. The maximum Gasteiger partial charge on any atom is 0.119 e. The van der Waals surface area contributed by atoms with E-state index in [-0.39, 0.29) is 0 Å².